The minimum Gasteiger partial charge on any atom is -0.481 e. The number of amides is 1. The van der Waals surface area contributed by atoms with Crippen molar-refractivity contribution in [3.63, 3.8) is 0 Å². The van der Waals surface area contributed by atoms with Gasteiger partial charge in [0.05, 0.1) is 5.69 Å². The standard InChI is InChI=1S/C12H12FNO3/c1-12(11(16)17)6-9(15)14(2)10-7(12)4-3-5-8(10)13/h3-5H,6H2,1-2H3,(H,16,17)/t12-/m0/s1. The number of nitrogens with zero attached hydrogens (tertiary/aromatic N) is 1. The molecule has 1 aromatic rings. The number of rotatable bonds is 1. The summed E-state index contributed by atoms with van der Waals surface area (Å²) in [5, 5.41) is 9.25. The van der Waals surface area contributed by atoms with Gasteiger partial charge in [0.25, 0.3) is 0 Å². The summed E-state index contributed by atoms with van der Waals surface area (Å²) in [7, 11) is 1.45. The van der Waals surface area contributed by atoms with E-state index in [-0.39, 0.29) is 12.1 Å². The van der Waals surface area contributed by atoms with E-state index in [1.165, 1.54) is 31.0 Å². The Kier molecular flexibility index (Phi) is 2.41. The number of hydrogen-bond donors (Lipinski definition) is 1. The number of para-hydroxylation sites is 1. The van der Waals surface area contributed by atoms with Crippen LogP contribution in [0.15, 0.2) is 18.2 Å². The van der Waals surface area contributed by atoms with Crippen molar-refractivity contribution in [1.82, 2.24) is 0 Å². The number of benzene rings is 1. The van der Waals surface area contributed by atoms with Crippen LogP contribution in [-0.4, -0.2) is 24.0 Å². The maximum atomic E-state index is 13.7. The number of carboxylic acids is 1. The first-order valence-corrected chi connectivity index (χ1v) is 5.17. The average molecular weight is 237 g/mol. The Hall–Kier alpha value is -1.91. The number of anilines is 1. The fraction of sp³-hybridized carbons (Fsp3) is 0.333. The zero-order valence-electron chi connectivity index (χ0n) is 9.53. The third-order valence-electron chi connectivity index (χ3n) is 3.27. The predicted octanol–water partition coefficient (Wildman–Crippen LogP) is 1.53. The van der Waals surface area contributed by atoms with Crippen molar-refractivity contribution in [1.29, 1.82) is 0 Å². The lowest BCUT2D eigenvalue weighted by atomic mass is 9.75. The first-order chi connectivity index (χ1) is 7.88. The molecule has 0 saturated carbocycles. The number of fused-ring (bicyclic) bond motifs is 1. The first-order valence-electron chi connectivity index (χ1n) is 5.17. The summed E-state index contributed by atoms with van der Waals surface area (Å²) in [6.45, 7) is 1.44. The van der Waals surface area contributed by atoms with Gasteiger partial charge in [0, 0.05) is 13.5 Å². The normalized spacial score (nSPS) is 23.5. The van der Waals surface area contributed by atoms with Crippen molar-refractivity contribution in [3.8, 4) is 0 Å². The molecule has 0 aromatic heterocycles. The van der Waals surface area contributed by atoms with Gasteiger partial charge in [-0.05, 0) is 18.6 Å². The second-order valence-electron chi connectivity index (χ2n) is 4.40. The highest BCUT2D eigenvalue weighted by atomic mass is 19.1. The molecule has 0 spiro atoms. The number of carbonyl (C=O) groups is 2. The van der Waals surface area contributed by atoms with E-state index in [4.69, 9.17) is 0 Å². The van der Waals surface area contributed by atoms with Crippen LogP contribution in [0.4, 0.5) is 10.1 Å². The minimum absolute atomic E-state index is 0.0636. The van der Waals surface area contributed by atoms with Crippen molar-refractivity contribution in [2.75, 3.05) is 11.9 Å². The van der Waals surface area contributed by atoms with Crippen LogP contribution in [-0.2, 0) is 15.0 Å². The molecule has 0 saturated heterocycles. The topological polar surface area (TPSA) is 57.6 Å². The Morgan fingerprint density at radius 3 is 2.76 bits per heavy atom. The Balaban J connectivity index is 2.74. The van der Waals surface area contributed by atoms with Crippen molar-refractivity contribution in [3.05, 3.63) is 29.6 Å². The summed E-state index contributed by atoms with van der Waals surface area (Å²) in [6, 6.07) is 4.23. The number of hydrogen-bond acceptors (Lipinski definition) is 2. The molecule has 1 amide bonds. The number of halogens is 1. The summed E-state index contributed by atoms with van der Waals surface area (Å²) in [4.78, 5) is 24.2. The number of carbonyl (C=O) groups excluding carboxylic acids is 1. The van der Waals surface area contributed by atoms with E-state index in [0.717, 1.165) is 0 Å². The van der Waals surface area contributed by atoms with E-state index in [2.05, 4.69) is 0 Å². The van der Waals surface area contributed by atoms with Crippen molar-refractivity contribution < 1.29 is 19.1 Å². The third kappa shape index (κ3) is 1.50. The van der Waals surface area contributed by atoms with Gasteiger partial charge >= 0.3 is 5.97 Å². The molecule has 17 heavy (non-hydrogen) atoms. The maximum Gasteiger partial charge on any atom is 0.314 e. The molecule has 1 aromatic carbocycles. The van der Waals surface area contributed by atoms with Crippen LogP contribution in [0.2, 0.25) is 0 Å². The fourth-order valence-corrected chi connectivity index (χ4v) is 2.13. The Bertz CT molecular complexity index is 514. The van der Waals surface area contributed by atoms with Crippen LogP contribution in [0.3, 0.4) is 0 Å². The molecule has 0 radical (unpaired) electrons. The molecule has 1 aliphatic heterocycles. The highest BCUT2D eigenvalue weighted by molar-refractivity contribution is 6.03. The molecule has 1 heterocycles. The third-order valence-corrected chi connectivity index (χ3v) is 3.27. The quantitative estimate of drug-likeness (QED) is 0.805. The minimum atomic E-state index is -1.36. The van der Waals surface area contributed by atoms with Gasteiger partial charge in [-0.1, -0.05) is 12.1 Å². The monoisotopic (exact) mass is 237 g/mol. The zero-order valence-corrected chi connectivity index (χ0v) is 9.53. The van der Waals surface area contributed by atoms with Gasteiger partial charge in [0.15, 0.2) is 0 Å². The summed E-state index contributed by atoms with van der Waals surface area (Å²) in [6.07, 6.45) is -0.157. The number of aliphatic carboxylic acids is 1. The van der Waals surface area contributed by atoms with Crippen LogP contribution in [0.1, 0.15) is 18.9 Å². The van der Waals surface area contributed by atoms with Crippen molar-refractivity contribution >= 4 is 17.6 Å². The highest BCUT2D eigenvalue weighted by Gasteiger charge is 2.45. The second-order valence-corrected chi connectivity index (χ2v) is 4.40. The lowest BCUT2D eigenvalue weighted by Crippen LogP contribution is -2.45. The molecule has 5 heteroatoms. The lowest BCUT2D eigenvalue weighted by Gasteiger charge is -2.36. The summed E-state index contributed by atoms with van der Waals surface area (Å²) >= 11 is 0. The lowest BCUT2D eigenvalue weighted by molar-refractivity contribution is -0.145. The molecule has 4 nitrogen and oxygen atoms in total. The molecule has 2 rings (SSSR count). The molecule has 0 fully saturated rings. The molecule has 90 valence electrons. The Morgan fingerprint density at radius 1 is 1.53 bits per heavy atom. The van der Waals surface area contributed by atoms with E-state index in [9.17, 15) is 19.1 Å². The smallest absolute Gasteiger partial charge is 0.314 e. The molecule has 1 N–H and O–H groups in total. The van der Waals surface area contributed by atoms with Crippen LogP contribution in [0.25, 0.3) is 0 Å². The van der Waals surface area contributed by atoms with Gasteiger partial charge in [-0.15, -0.1) is 0 Å². The average Bonchev–Trinajstić information content (AvgIpc) is 2.25. The Labute approximate surface area is 97.7 Å². The summed E-state index contributed by atoms with van der Waals surface area (Å²) in [5.41, 5.74) is -0.957. The first kappa shape index (κ1) is 11.6. The van der Waals surface area contributed by atoms with Gasteiger partial charge < -0.3 is 10.0 Å². The molecule has 1 aliphatic rings. The largest absolute Gasteiger partial charge is 0.481 e. The van der Waals surface area contributed by atoms with Gasteiger partial charge in [0.1, 0.15) is 11.2 Å². The van der Waals surface area contributed by atoms with Gasteiger partial charge in [-0.3, -0.25) is 9.59 Å². The second kappa shape index (κ2) is 3.55. The van der Waals surface area contributed by atoms with Crippen LogP contribution < -0.4 is 4.90 Å². The van der Waals surface area contributed by atoms with Crippen molar-refractivity contribution in [2.24, 2.45) is 0 Å². The van der Waals surface area contributed by atoms with Gasteiger partial charge in [0.2, 0.25) is 5.91 Å². The molecular formula is C12H12FNO3. The van der Waals surface area contributed by atoms with Gasteiger partial charge in [-0.2, -0.15) is 0 Å². The van der Waals surface area contributed by atoms with E-state index in [1.54, 1.807) is 6.07 Å². The zero-order chi connectivity index (χ0) is 12.8. The molecule has 0 aliphatic carbocycles. The van der Waals surface area contributed by atoms with E-state index in [0.29, 0.717) is 5.56 Å². The molecular weight excluding hydrogens is 225 g/mol. The molecule has 1 atom stereocenters. The summed E-state index contributed by atoms with van der Waals surface area (Å²) in [5.74, 6) is -2.09. The van der Waals surface area contributed by atoms with Crippen LogP contribution >= 0.6 is 0 Å². The van der Waals surface area contributed by atoms with Crippen LogP contribution in [0, 0.1) is 5.82 Å². The van der Waals surface area contributed by atoms with Crippen molar-refractivity contribution in [2.45, 2.75) is 18.8 Å². The highest BCUT2D eigenvalue weighted by Crippen LogP contribution is 2.41. The molecule has 0 bridgehead atoms. The van der Waals surface area contributed by atoms with E-state index >= 15 is 0 Å². The fourth-order valence-electron chi connectivity index (χ4n) is 2.13. The van der Waals surface area contributed by atoms with Gasteiger partial charge in [-0.25, -0.2) is 4.39 Å². The SMILES string of the molecule is CN1C(=O)C[C@](C)(C(=O)O)c2cccc(F)c21. The maximum absolute atomic E-state index is 13.7. The van der Waals surface area contributed by atoms with Crippen LogP contribution in [0.5, 0.6) is 0 Å². The molecule has 0 unspecified atom stereocenters. The van der Waals surface area contributed by atoms with E-state index in [1.807, 2.05) is 0 Å². The Morgan fingerprint density at radius 2 is 2.18 bits per heavy atom. The van der Waals surface area contributed by atoms with E-state index < -0.39 is 23.1 Å². The predicted molar refractivity (Wildman–Crippen MR) is 59.4 cm³/mol. The number of carboxylic acid groups (broad SMARTS) is 1. The summed E-state index contributed by atoms with van der Waals surface area (Å²) < 4.78 is 13.7.